The smallest absolute Gasteiger partial charge is 0.388 e. The van der Waals surface area contributed by atoms with Gasteiger partial charge in [0.25, 0.3) is 0 Å². The highest BCUT2D eigenvalue weighted by atomic mass is 16.9. The molecule has 0 radical (unpaired) electrons. The van der Waals surface area contributed by atoms with Crippen LogP contribution in [-0.4, -0.2) is 23.9 Å². The SMILES string of the molecule is CCCC(OC(=O)C(C)C)(OC(=O)C(C)C)OC(=O)C(C)C. The van der Waals surface area contributed by atoms with Crippen molar-refractivity contribution in [3.63, 3.8) is 0 Å². The van der Waals surface area contributed by atoms with E-state index in [-0.39, 0.29) is 6.42 Å². The third-order valence-corrected chi connectivity index (χ3v) is 2.74. The number of esters is 3. The lowest BCUT2D eigenvalue weighted by Gasteiger charge is -2.32. The summed E-state index contributed by atoms with van der Waals surface area (Å²) in [6.45, 7) is 11.7. The Balaban J connectivity index is 5.47. The lowest BCUT2D eigenvalue weighted by Crippen LogP contribution is -2.46. The van der Waals surface area contributed by atoms with Crippen LogP contribution in [0.1, 0.15) is 61.3 Å². The molecule has 6 nitrogen and oxygen atoms in total. The van der Waals surface area contributed by atoms with Crippen LogP contribution < -0.4 is 0 Å². The monoisotopic (exact) mass is 316 g/mol. The zero-order valence-electron chi connectivity index (χ0n) is 14.6. The third-order valence-electron chi connectivity index (χ3n) is 2.74. The van der Waals surface area contributed by atoms with Crippen molar-refractivity contribution < 1.29 is 28.6 Å². The molecular weight excluding hydrogens is 288 g/mol. The van der Waals surface area contributed by atoms with Crippen LogP contribution in [0.25, 0.3) is 0 Å². The fraction of sp³-hybridized carbons (Fsp3) is 0.812. The zero-order chi connectivity index (χ0) is 17.5. The fourth-order valence-electron chi connectivity index (χ4n) is 1.34. The molecule has 0 aromatic heterocycles. The quantitative estimate of drug-likeness (QED) is 0.506. The number of carbonyl (C=O) groups is 3. The highest BCUT2D eigenvalue weighted by Crippen LogP contribution is 2.26. The molecule has 128 valence electrons. The van der Waals surface area contributed by atoms with Gasteiger partial charge in [0, 0.05) is 0 Å². The van der Waals surface area contributed by atoms with Crippen LogP contribution >= 0.6 is 0 Å². The van der Waals surface area contributed by atoms with Crippen LogP contribution in [0, 0.1) is 17.8 Å². The number of rotatable bonds is 8. The first kappa shape index (κ1) is 20.4. The van der Waals surface area contributed by atoms with Gasteiger partial charge in [-0.3, -0.25) is 14.4 Å². The van der Waals surface area contributed by atoms with Crippen molar-refractivity contribution in [3.8, 4) is 0 Å². The number of carbonyl (C=O) groups excluding carboxylic acids is 3. The minimum Gasteiger partial charge on any atom is -0.388 e. The standard InChI is InChI=1S/C16H28O6/c1-8-9-16(20-13(17)10(2)3,21-14(18)11(4)5)22-15(19)12(6)7/h10-12H,8-9H2,1-7H3. The second-order valence-corrected chi connectivity index (χ2v) is 6.16. The number of hydrogen-bond acceptors (Lipinski definition) is 6. The molecule has 0 amide bonds. The van der Waals surface area contributed by atoms with Crippen molar-refractivity contribution in [1.82, 2.24) is 0 Å². The Bertz CT molecular complexity index is 342. The lowest BCUT2D eigenvalue weighted by molar-refractivity contribution is -0.336. The first-order valence-corrected chi connectivity index (χ1v) is 7.73. The van der Waals surface area contributed by atoms with Crippen LogP contribution in [0.5, 0.6) is 0 Å². The van der Waals surface area contributed by atoms with Gasteiger partial charge < -0.3 is 14.2 Å². The highest BCUT2D eigenvalue weighted by Gasteiger charge is 2.44. The predicted molar refractivity (Wildman–Crippen MR) is 80.4 cm³/mol. The molecule has 0 aliphatic carbocycles. The van der Waals surface area contributed by atoms with Gasteiger partial charge in [-0.25, -0.2) is 0 Å². The van der Waals surface area contributed by atoms with Gasteiger partial charge in [-0.1, -0.05) is 48.5 Å². The average molecular weight is 316 g/mol. The number of ether oxygens (including phenoxy) is 3. The summed E-state index contributed by atoms with van der Waals surface area (Å²) >= 11 is 0. The molecule has 0 N–H and O–H groups in total. The topological polar surface area (TPSA) is 78.9 Å². The van der Waals surface area contributed by atoms with E-state index in [4.69, 9.17) is 14.2 Å². The maximum Gasteiger partial charge on any atom is 0.423 e. The van der Waals surface area contributed by atoms with Crippen molar-refractivity contribution >= 4 is 17.9 Å². The van der Waals surface area contributed by atoms with Crippen LogP contribution in [0.3, 0.4) is 0 Å². The van der Waals surface area contributed by atoms with Gasteiger partial charge in [0.15, 0.2) is 0 Å². The van der Waals surface area contributed by atoms with Crippen LogP contribution in [0.2, 0.25) is 0 Å². The molecule has 0 atom stereocenters. The Kier molecular flexibility index (Phi) is 8.12. The Hall–Kier alpha value is -1.59. The molecule has 0 saturated carbocycles. The molecule has 0 fully saturated rings. The van der Waals surface area contributed by atoms with E-state index in [1.807, 2.05) is 6.92 Å². The van der Waals surface area contributed by atoms with E-state index in [0.29, 0.717) is 6.42 Å². The van der Waals surface area contributed by atoms with Crippen molar-refractivity contribution in [1.29, 1.82) is 0 Å². The van der Waals surface area contributed by atoms with Gasteiger partial charge in [0.2, 0.25) is 0 Å². The van der Waals surface area contributed by atoms with E-state index < -0.39 is 41.6 Å². The van der Waals surface area contributed by atoms with Crippen LogP contribution in [-0.2, 0) is 28.6 Å². The summed E-state index contributed by atoms with van der Waals surface area (Å²) < 4.78 is 15.8. The minimum atomic E-state index is -1.99. The Morgan fingerprint density at radius 2 is 1.00 bits per heavy atom. The van der Waals surface area contributed by atoms with Crippen molar-refractivity contribution in [2.24, 2.45) is 17.8 Å². The van der Waals surface area contributed by atoms with Gasteiger partial charge in [0.1, 0.15) is 0 Å². The Morgan fingerprint density at radius 3 is 1.18 bits per heavy atom. The molecule has 0 saturated heterocycles. The first-order valence-electron chi connectivity index (χ1n) is 7.73. The molecule has 0 unspecified atom stereocenters. The molecule has 0 aliphatic heterocycles. The maximum absolute atomic E-state index is 11.9. The van der Waals surface area contributed by atoms with E-state index in [9.17, 15) is 14.4 Å². The third kappa shape index (κ3) is 6.45. The van der Waals surface area contributed by atoms with E-state index in [1.54, 1.807) is 41.5 Å². The van der Waals surface area contributed by atoms with E-state index in [1.165, 1.54) is 0 Å². The predicted octanol–water partition coefficient (Wildman–Crippen LogP) is 3.04. The summed E-state index contributed by atoms with van der Waals surface area (Å²) in [6, 6.07) is 0. The summed E-state index contributed by atoms with van der Waals surface area (Å²) in [6.07, 6.45) is 0.588. The molecule has 0 spiro atoms. The highest BCUT2D eigenvalue weighted by molar-refractivity contribution is 5.76. The molecule has 0 heterocycles. The normalized spacial score (nSPS) is 11.7. The Morgan fingerprint density at radius 1 is 0.727 bits per heavy atom. The molecule has 0 aliphatic rings. The van der Waals surface area contributed by atoms with E-state index >= 15 is 0 Å². The molecule has 0 aromatic rings. The summed E-state index contributed by atoms with van der Waals surface area (Å²) in [5.41, 5.74) is 0. The molecule has 0 rings (SSSR count). The second-order valence-electron chi connectivity index (χ2n) is 6.16. The summed E-state index contributed by atoms with van der Waals surface area (Å²) in [7, 11) is 0. The van der Waals surface area contributed by atoms with Crippen LogP contribution in [0.15, 0.2) is 0 Å². The van der Waals surface area contributed by atoms with Crippen LogP contribution in [0.4, 0.5) is 0 Å². The summed E-state index contributed by atoms with van der Waals surface area (Å²) in [4.78, 5) is 35.8. The van der Waals surface area contributed by atoms with Gasteiger partial charge in [-0.2, -0.15) is 0 Å². The van der Waals surface area contributed by atoms with Crippen molar-refractivity contribution in [2.75, 3.05) is 0 Å². The largest absolute Gasteiger partial charge is 0.423 e. The summed E-state index contributed by atoms with van der Waals surface area (Å²) in [5, 5.41) is 0. The van der Waals surface area contributed by atoms with Gasteiger partial charge in [0.05, 0.1) is 24.2 Å². The second kappa shape index (κ2) is 8.76. The average Bonchev–Trinajstić information content (AvgIpc) is 2.38. The first-order chi connectivity index (χ1) is 10.0. The van der Waals surface area contributed by atoms with Gasteiger partial charge in [-0.15, -0.1) is 0 Å². The number of hydrogen-bond donors (Lipinski definition) is 0. The maximum atomic E-state index is 11.9. The zero-order valence-corrected chi connectivity index (χ0v) is 14.6. The molecule has 0 aromatic carbocycles. The summed E-state index contributed by atoms with van der Waals surface area (Å²) in [5.74, 6) is -5.09. The van der Waals surface area contributed by atoms with E-state index in [0.717, 1.165) is 0 Å². The molecular formula is C16H28O6. The molecule has 0 bridgehead atoms. The van der Waals surface area contributed by atoms with Gasteiger partial charge >= 0.3 is 23.9 Å². The lowest BCUT2D eigenvalue weighted by atomic mass is 10.2. The minimum absolute atomic E-state index is 0.0857. The molecule has 6 heteroatoms. The van der Waals surface area contributed by atoms with Crippen molar-refractivity contribution in [3.05, 3.63) is 0 Å². The van der Waals surface area contributed by atoms with Crippen molar-refractivity contribution in [2.45, 2.75) is 67.3 Å². The Labute approximate surface area is 132 Å². The fourth-order valence-corrected chi connectivity index (χ4v) is 1.34. The molecule has 22 heavy (non-hydrogen) atoms. The van der Waals surface area contributed by atoms with E-state index in [2.05, 4.69) is 0 Å². The van der Waals surface area contributed by atoms with Gasteiger partial charge in [-0.05, 0) is 6.42 Å².